The Kier molecular flexibility index (Phi) is 5.55. The van der Waals surface area contributed by atoms with E-state index in [4.69, 9.17) is 9.47 Å². The van der Waals surface area contributed by atoms with Crippen LogP contribution in [0.3, 0.4) is 0 Å². The lowest BCUT2D eigenvalue weighted by Gasteiger charge is -2.11. The number of carbonyl (C=O) groups is 2. The second-order valence-corrected chi connectivity index (χ2v) is 6.72. The van der Waals surface area contributed by atoms with Gasteiger partial charge in [0.05, 0.1) is 11.5 Å². The highest BCUT2D eigenvalue weighted by atomic mass is 32.1. The molecule has 1 heterocycles. The first-order valence-electron chi connectivity index (χ1n) is 8.22. The summed E-state index contributed by atoms with van der Waals surface area (Å²) in [6.45, 7) is 2.16. The smallest absolute Gasteiger partial charge is 0.279 e. The Morgan fingerprint density at radius 3 is 2.60 bits per heavy atom. The molecule has 0 saturated carbocycles. The molecule has 1 aromatic heterocycles. The number of thiophene rings is 1. The van der Waals surface area contributed by atoms with Gasteiger partial charge >= 0.3 is 0 Å². The highest BCUT2D eigenvalue weighted by molar-refractivity contribution is 7.14. The van der Waals surface area contributed by atoms with E-state index in [9.17, 15) is 9.59 Å². The zero-order valence-electron chi connectivity index (χ0n) is 14.0. The summed E-state index contributed by atoms with van der Waals surface area (Å²) in [5, 5.41) is 0. The SMILES string of the molecule is CCOc1ccccc1OCC(=O)NNC(=O)c1cc2c(s1)CCC2. The Balaban J connectivity index is 1.47. The second kappa shape index (κ2) is 8.02. The Morgan fingerprint density at radius 1 is 1.12 bits per heavy atom. The molecule has 0 fully saturated rings. The van der Waals surface area contributed by atoms with Crippen molar-refractivity contribution < 1.29 is 19.1 Å². The number of ether oxygens (including phenoxy) is 2. The Labute approximate surface area is 150 Å². The van der Waals surface area contributed by atoms with Crippen LogP contribution in [-0.2, 0) is 17.6 Å². The average Bonchev–Trinajstić information content (AvgIpc) is 3.21. The molecule has 0 spiro atoms. The number of amides is 2. The summed E-state index contributed by atoms with van der Waals surface area (Å²) in [7, 11) is 0. The lowest BCUT2D eigenvalue weighted by atomic mass is 10.2. The zero-order chi connectivity index (χ0) is 17.6. The minimum Gasteiger partial charge on any atom is -0.490 e. The number of rotatable bonds is 6. The molecule has 1 aromatic carbocycles. The quantitative estimate of drug-likeness (QED) is 0.776. The topological polar surface area (TPSA) is 76.7 Å². The number of hydrazine groups is 1. The molecule has 0 atom stereocenters. The van der Waals surface area contributed by atoms with Crippen LogP contribution in [-0.4, -0.2) is 25.0 Å². The fourth-order valence-electron chi connectivity index (χ4n) is 2.65. The van der Waals surface area contributed by atoms with Gasteiger partial charge < -0.3 is 9.47 Å². The second-order valence-electron chi connectivity index (χ2n) is 5.58. The predicted molar refractivity (Wildman–Crippen MR) is 95.1 cm³/mol. The molecule has 0 unspecified atom stereocenters. The van der Waals surface area contributed by atoms with E-state index in [0.29, 0.717) is 23.0 Å². The summed E-state index contributed by atoms with van der Waals surface area (Å²) >= 11 is 1.49. The third-order valence-electron chi connectivity index (χ3n) is 3.79. The van der Waals surface area contributed by atoms with Gasteiger partial charge in [0.15, 0.2) is 18.1 Å². The number of hydrogen-bond donors (Lipinski definition) is 2. The van der Waals surface area contributed by atoms with Crippen molar-refractivity contribution >= 4 is 23.2 Å². The minimum absolute atomic E-state index is 0.217. The van der Waals surface area contributed by atoms with E-state index in [1.807, 2.05) is 19.1 Å². The first-order valence-corrected chi connectivity index (χ1v) is 9.04. The van der Waals surface area contributed by atoms with Gasteiger partial charge in [-0.15, -0.1) is 11.3 Å². The third kappa shape index (κ3) is 4.30. The summed E-state index contributed by atoms with van der Waals surface area (Å²) in [5.41, 5.74) is 6.04. The normalized spacial score (nSPS) is 12.4. The largest absolute Gasteiger partial charge is 0.490 e. The van der Waals surface area contributed by atoms with Crippen LogP contribution in [0.5, 0.6) is 11.5 Å². The van der Waals surface area contributed by atoms with Gasteiger partial charge in [0.2, 0.25) is 0 Å². The van der Waals surface area contributed by atoms with Crippen LogP contribution in [0.25, 0.3) is 0 Å². The number of carbonyl (C=O) groups excluding carboxylic acids is 2. The molecule has 2 amide bonds. The van der Waals surface area contributed by atoms with Crippen molar-refractivity contribution in [3.63, 3.8) is 0 Å². The van der Waals surface area contributed by atoms with Crippen molar-refractivity contribution in [2.24, 2.45) is 0 Å². The monoisotopic (exact) mass is 360 g/mol. The molecule has 0 saturated heterocycles. The van der Waals surface area contributed by atoms with E-state index in [0.717, 1.165) is 19.3 Å². The van der Waals surface area contributed by atoms with Gasteiger partial charge in [0.25, 0.3) is 11.8 Å². The maximum Gasteiger partial charge on any atom is 0.279 e. The van der Waals surface area contributed by atoms with Gasteiger partial charge in [0.1, 0.15) is 0 Å². The van der Waals surface area contributed by atoms with Crippen molar-refractivity contribution in [3.8, 4) is 11.5 Å². The van der Waals surface area contributed by atoms with Gasteiger partial charge in [-0.1, -0.05) is 12.1 Å². The van der Waals surface area contributed by atoms with E-state index in [2.05, 4.69) is 10.9 Å². The predicted octanol–water partition coefficient (Wildman–Crippen LogP) is 2.48. The fourth-order valence-corrected chi connectivity index (χ4v) is 3.80. The molecule has 7 heteroatoms. The summed E-state index contributed by atoms with van der Waals surface area (Å²) in [4.78, 5) is 25.9. The summed E-state index contributed by atoms with van der Waals surface area (Å²) in [5.74, 6) is 0.321. The maximum absolute atomic E-state index is 12.1. The van der Waals surface area contributed by atoms with Crippen LogP contribution in [0.4, 0.5) is 0 Å². The van der Waals surface area contributed by atoms with Crippen molar-refractivity contribution in [2.45, 2.75) is 26.2 Å². The van der Waals surface area contributed by atoms with Gasteiger partial charge in [0, 0.05) is 4.88 Å². The van der Waals surface area contributed by atoms with E-state index in [1.54, 1.807) is 18.2 Å². The first kappa shape index (κ1) is 17.3. The van der Waals surface area contributed by atoms with Crippen LogP contribution < -0.4 is 20.3 Å². The van der Waals surface area contributed by atoms with Crippen LogP contribution in [0.2, 0.25) is 0 Å². The molecule has 3 rings (SSSR count). The number of hydrogen-bond acceptors (Lipinski definition) is 5. The minimum atomic E-state index is -0.441. The summed E-state index contributed by atoms with van der Waals surface area (Å²) in [6, 6.07) is 9.03. The van der Waals surface area contributed by atoms with Gasteiger partial charge in [-0.25, -0.2) is 0 Å². The van der Waals surface area contributed by atoms with Gasteiger partial charge in [-0.05, 0) is 49.9 Å². The molecule has 1 aliphatic rings. The standard InChI is InChI=1S/C18H20N2O4S/c1-2-23-13-7-3-4-8-14(13)24-11-17(21)19-20-18(22)16-10-12-6-5-9-15(12)25-16/h3-4,7-8,10H,2,5-6,9,11H2,1H3,(H,19,21)(H,20,22). The van der Waals surface area contributed by atoms with Crippen LogP contribution in [0, 0.1) is 0 Å². The summed E-state index contributed by atoms with van der Waals surface area (Å²) < 4.78 is 10.9. The van der Waals surface area contributed by atoms with Crippen molar-refractivity contribution in [2.75, 3.05) is 13.2 Å². The van der Waals surface area contributed by atoms with Gasteiger partial charge in [-0.2, -0.15) is 0 Å². The molecule has 0 aliphatic heterocycles. The van der Waals surface area contributed by atoms with Crippen molar-refractivity contribution in [1.29, 1.82) is 0 Å². The number of para-hydroxylation sites is 2. The molecule has 0 radical (unpaired) electrons. The van der Waals surface area contributed by atoms with Crippen molar-refractivity contribution in [3.05, 3.63) is 45.6 Å². The van der Waals surface area contributed by atoms with Crippen LogP contribution >= 0.6 is 11.3 Å². The fraction of sp³-hybridized carbons (Fsp3) is 0.333. The Hall–Kier alpha value is -2.54. The molecule has 0 bridgehead atoms. The molecule has 2 N–H and O–H groups in total. The number of nitrogens with one attached hydrogen (secondary N) is 2. The molecule has 25 heavy (non-hydrogen) atoms. The third-order valence-corrected chi connectivity index (χ3v) is 5.03. The van der Waals surface area contributed by atoms with Crippen molar-refractivity contribution in [1.82, 2.24) is 10.9 Å². The molecule has 1 aliphatic carbocycles. The number of aryl methyl sites for hydroxylation is 2. The molecule has 132 valence electrons. The summed E-state index contributed by atoms with van der Waals surface area (Å²) in [6.07, 6.45) is 3.21. The Bertz CT molecular complexity index is 751. The lowest BCUT2D eigenvalue weighted by molar-refractivity contribution is -0.123. The number of fused-ring (bicyclic) bond motifs is 1. The van der Waals surface area contributed by atoms with Crippen LogP contribution in [0.15, 0.2) is 30.3 Å². The molecular formula is C18H20N2O4S. The highest BCUT2D eigenvalue weighted by Gasteiger charge is 2.18. The molecule has 6 nitrogen and oxygen atoms in total. The highest BCUT2D eigenvalue weighted by Crippen LogP contribution is 2.30. The van der Waals surface area contributed by atoms with E-state index >= 15 is 0 Å². The lowest BCUT2D eigenvalue weighted by Crippen LogP contribution is -2.43. The number of benzene rings is 1. The van der Waals surface area contributed by atoms with E-state index in [-0.39, 0.29) is 12.5 Å². The van der Waals surface area contributed by atoms with Crippen LogP contribution in [0.1, 0.15) is 33.5 Å². The Morgan fingerprint density at radius 2 is 1.88 bits per heavy atom. The van der Waals surface area contributed by atoms with E-state index in [1.165, 1.54) is 21.8 Å². The zero-order valence-corrected chi connectivity index (χ0v) is 14.8. The van der Waals surface area contributed by atoms with E-state index < -0.39 is 5.91 Å². The maximum atomic E-state index is 12.1. The molecule has 2 aromatic rings. The first-order chi connectivity index (χ1) is 12.2. The van der Waals surface area contributed by atoms with Gasteiger partial charge in [-0.3, -0.25) is 20.4 Å². The molecular weight excluding hydrogens is 340 g/mol. The average molecular weight is 360 g/mol.